The Bertz CT molecular complexity index is 1210. The smallest absolute Gasteiger partial charge is 0.408 e. The predicted molar refractivity (Wildman–Crippen MR) is 145 cm³/mol. The number of nitrogens with zero attached hydrogens (tertiary/aromatic N) is 2. The third kappa shape index (κ3) is 8.12. The van der Waals surface area contributed by atoms with Crippen LogP contribution in [0.2, 0.25) is 0 Å². The SMILES string of the molecule is CC(C)(C)OC(=O)NC(Cc1ccccc1)C(=O)NC1CN(CC2CC2)c2ccccc2N(CC(F)(F)F)C1=O. The number of hydrogen-bond donors (Lipinski definition) is 2. The third-order valence-electron chi connectivity index (χ3n) is 6.60. The van der Waals surface area contributed by atoms with E-state index in [1.54, 1.807) is 63.2 Å². The summed E-state index contributed by atoms with van der Waals surface area (Å²) in [5.41, 5.74) is 0.584. The molecule has 1 aliphatic carbocycles. The number of alkyl carbamates (subject to hydrolysis) is 1. The van der Waals surface area contributed by atoms with Gasteiger partial charge in [-0.3, -0.25) is 14.5 Å². The van der Waals surface area contributed by atoms with Crippen molar-refractivity contribution in [3.05, 3.63) is 60.2 Å². The minimum absolute atomic E-state index is 0.00304. The molecule has 1 aliphatic heterocycles. The number of hydrogen-bond acceptors (Lipinski definition) is 5. The highest BCUT2D eigenvalue weighted by molar-refractivity contribution is 6.04. The predicted octanol–water partition coefficient (Wildman–Crippen LogP) is 4.43. The summed E-state index contributed by atoms with van der Waals surface area (Å²) in [6.07, 6.45) is -3.40. The first-order chi connectivity index (χ1) is 18.8. The first kappa shape index (κ1) is 29.2. The molecule has 8 nitrogen and oxygen atoms in total. The van der Waals surface area contributed by atoms with Crippen LogP contribution in [0, 0.1) is 5.92 Å². The zero-order chi connectivity index (χ0) is 29.1. The van der Waals surface area contributed by atoms with Gasteiger partial charge in [-0.2, -0.15) is 13.2 Å². The Morgan fingerprint density at radius 2 is 1.62 bits per heavy atom. The van der Waals surface area contributed by atoms with Crippen molar-refractivity contribution in [2.45, 2.75) is 63.9 Å². The number of fused-ring (bicyclic) bond motifs is 1. The van der Waals surface area contributed by atoms with E-state index in [1.165, 1.54) is 6.07 Å². The minimum Gasteiger partial charge on any atom is -0.444 e. The highest BCUT2D eigenvalue weighted by Crippen LogP contribution is 2.38. The van der Waals surface area contributed by atoms with Crippen LogP contribution in [-0.2, 0) is 20.7 Å². The van der Waals surface area contributed by atoms with E-state index < -0.39 is 48.3 Å². The molecule has 0 spiro atoms. The monoisotopic (exact) mass is 560 g/mol. The van der Waals surface area contributed by atoms with Crippen LogP contribution in [0.3, 0.4) is 0 Å². The maximum absolute atomic E-state index is 13.6. The molecule has 216 valence electrons. The third-order valence-corrected chi connectivity index (χ3v) is 6.60. The van der Waals surface area contributed by atoms with Crippen molar-refractivity contribution in [2.24, 2.45) is 5.92 Å². The zero-order valence-corrected chi connectivity index (χ0v) is 22.8. The average Bonchev–Trinajstić information content (AvgIpc) is 3.69. The molecule has 2 N–H and O–H groups in total. The normalized spacial score (nSPS) is 18.4. The molecule has 2 aromatic rings. The maximum Gasteiger partial charge on any atom is 0.408 e. The van der Waals surface area contributed by atoms with Crippen molar-refractivity contribution in [3.63, 3.8) is 0 Å². The van der Waals surface area contributed by atoms with Gasteiger partial charge in [-0.15, -0.1) is 0 Å². The van der Waals surface area contributed by atoms with Crippen LogP contribution < -0.4 is 20.4 Å². The lowest BCUT2D eigenvalue weighted by atomic mass is 10.0. The number of carbonyl (C=O) groups is 3. The van der Waals surface area contributed by atoms with Gasteiger partial charge in [0, 0.05) is 19.5 Å². The number of alkyl halides is 3. The van der Waals surface area contributed by atoms with Gasteiger partial charge in [0.2, 0.25) is 5.91 Å². The van der Waals surface area contributed by atoms with E-state index in [2.05, 4.69) is 10.6 Å². The van der Waals surface area contributed by atoms with Crippen molar-refractivity contribution >= 4 is 29.3 Å². The highest BCUT2D eigenvalue weighted by Gasteiger charge is 2.42. The van der Waals surface area contributed by atoms with Crippen molar-refractivity contribution in [2.75, 3.05) is 29.4 Å². The molecule has 3 amide bonds. The molecule has 2 atom stereocenters. The Labute approximate surface area is 231 Å². The second-order valence-corrected chi connectivity index (χ2v) is 11.3. The summed E-state index contributed by atoms with van der Waals surface area (Å²) >= 11 is 0. The molecule has 40 heavy (non-hydrogen) atoms. The molecule has 0 aromatic heterocycles. The Morgan fingerprint density at radius 1 is 1.00 bits per heavy atom. The van der Waals surface area contributed by atoms with Gasteiger partial charge in [0.25, 0.3) is 5.91 Å². The van der Waals surface area contributed by atoms with E-state index >= 15 is 0 Å². The Hall–Kier alpha value is -3.76. The fourth-order valence-electron chi connectivity index (χ4n) is 4.68. The molecule has 0 bridgehead atoms. The topological polar surface area (TPSA) is 91.0 Å². The number of halogens is 3. The van der Waals surface area contributed by atoms with Crippen LogP contribution in [0.1, 0.15) is 39.2 Å². The lowest BCUT2D eigenvalue weighted by Crippen LogP contribution is -2.58. The van der Waals surface area contributed by atoms with Gasteiger partial charge in [-0.05, 0) is 57.2 Å². The Balaban J connectivity index is 1.62. The fourth-order valence-corrected chi connectivity index (χ4v) is 4.68. The number of ether oxygens (including phenoxy) is 1. The van der Waals surface area contributed by atoms with Gasteiger partial charge in [0.05, 0.1) is 11.4 Å². The number of anilines is 2. The first-order valence-corrected chi connectivity index (χ1v) is 13.3. The standard InChI is InChI=1S/C29H35F3N4O4/c1-28(2,3)40-27(39)34-21(15-19-9-5-4-6-10-19)25(37)33-22-17-35(16-20-13-14-20)23-11-7-8-12-24(23)36(26(22)38)18-29(30,31)32/h4-12,20-22H,13-18H2,1-3H3,(H,33,37)(H,34,39). The first-order valence-electron chi connectivity index (χ1n) is 13.3. The van der Waals surface area contributed by atoms with Crippen molar-refractivity contribution in [3.8, 4) is 0 Å². The van der Waals surface area contributed by atoms with Crippen LogP contribution in [0.4, 0.5) is 29.3 Å². The maximum atomic E-state index is 13.6. The van der Waals surface area contributed by atoms with E-state index in [9.17, 15) is 27.6 Å². The van der Waals surface area contributed by atoms with Crippen molar-refractivity contribution in [1.82, 2.24) is 10.6 Å². The summed E-state index contributed by atoms with van der Waals surface area (Å²) in [7, 11) is 0. The van der Waals surface area contributed by atoms with Gasteiger partial charge in [-0.1, -0.05) is 42.5 Å². The molecular formula is C29H35F3N4O4. The molecule has 11 heteroatoms. The Morgan fingerprint density at radius 3 is 2.23 bits per heavy atom. The molecule has 0 radical (unpaired) electrons. The van der Waals surface area contributed by atoms with E-state index in [-0.39, 0.29) is 18.7 Å². The highest BCUT2D eigenvalue weighted by atomic mass is 19.4. The van der Waals surface area contributed by atoms with Crippen LogP contribution in [-0.4, -0.2) is 61.4 Å². The lowest BCUT2D eigenvalue weighted by molar-refractivity contribution is -0.135. The van der Waals surface area contributed by atoms with E-state index in [1.807, 2.05) is 11.0 Å². The second-order valence-electron chi connectivity index (χ2n) is 11.3. The zero-order valence-electron chi connectivity index (χ0n) is 22.8. The average molecular weight is 561 g/mol. The van der Waals surface area contributed by atoms with E-state index in [0.29, 0.717) is 23.0 Å². The molecule has 1 heterocycles. The molecule has 2 unspecified atom stereocenters. The molecular weight excluding hydrogens is 525 g/mol. The summed E-state index contributed by atoms with van der Waals surface area (Å²) in [4.78, 5) is 42.4. The van der Waals surface area contributed by atoms with Crippen LogP contribution in [0.5, 0.6) is 0 Å². The summed E-state index contributed by atoms with van der Waals surface area (Å²) in [6, 6.07) is 13.0. The molecule has 2 aromatic carbocycles. The summed E-state index contributed by atoms with van der Waals surface area (Å²) in [5.74, 6) is -1.20. The van der Waals surface area contributed by atoms with Crippen LogP contribution in [0.25, 0.3) is 0 Å². The van der Waals surface area contributed by atoms with Gasteiger partial charge in [0.1, 0.15) is 24.2 Å². The largest absolute Gasteiger partial charge is 0.444 e. The van der Waals surface area contributed by atoms with Crippen molar-refractivity contribution < 1.29 is 32.3 Å². The molecule has 0 saturated heterocycles. The van der Waals surface area contributed by atoms with Gasteiger partial charge < -0.3 is 20.3 Å². The number of rotatable bonds is 8. The second kappa shape index (κ2) is 11.8. The van der Waals surface area contributed by atoms with Gasteiger partial charge in [-0.25, -0.2) is 4.79 Å². The number of benzene rings is 2. The van der Waals surface area contributed by atoms with E-state index in [0.717, 1.165) is 18.4 Å². The number of nitrogens with one attached hydrogen (secondary N) is 2. The number of carbonyl (C=O) groups excluding carboxylic acids is 3. The fraction of sp³-hybridized carbons (Fsp3) is 0.483. The van der Waals surface area contributed by atoms with Crippen LogP contribution >= 0.6 is 0 Å². The van der Waals surface area contributed by atoms with E-state index in [4.69, 9.17) is 4.74 Å². The summed E-state index contributed by atoms with van der Waals surface area (Å²) in [6.45, 7) is 4.12. The molecule has 1 fully saturated rings. The quantitative estimate of drug-likeness (QED) is 0.499. The molecule has 4 rings (SSSR count). The Kier molecular flexibility index (Phi) is 8.60. The molecule has 2 aliphatic rings. The number of para-hydroxylation sites is 2. The van der Waals surface area contributed by atoms with Gasteiger partial charge in [0.15, 0.2) is 0 Å². The summed E-state index contributed by atoms with van der Waals surface area (Å²) in [5, 5.41) is 5.23. The van der Waals surface area contributed by atoms with Crippen molar-refractivity contribution in [1.29, 1.82) is 0 Å². The number of amides is 3. The van der Waals surface area contributed by atoms with Gasteiger partial charge >= 0.3 is 12.3 Å². The summed E-state index contributed by atoms with van der Waals surface area (Å²) < 4.78 is 46.3. The van der Waals surface area contributed by atoms with Crippen LogP contribution in [0.15, 0.2) is 54.6 Å². The minimum atomic E-state index is -4.66. The lowest BCUT2D eigenvalue weighted by Gasteiger charge is -2.28. The molecule has 1 saturated carbocycles.